The van der Waals surface area contributed by atoms with E-state index in [-0.39, 0.29) is 5.91 Å². The monoisotopic (exact) mass is 377 g/mol. The predicted octanol–water partition coefficient (Wildman–Crippen LogP) is 3.52. The van der Waals surface area contributed by atoms with Gasteiger partial charge in [0.15, 0.2) is 0 Å². The minimum atomic E-state index is 0.0507. The van der Waals surface area contributed by atoms with Crippen LogP contribution in [0.15, 0.2) is 61.3 Å². The number of rotatable bonds is 7. The second-order valence-electron chi connectivity index (χ2n) is 6.20. The maximum Gasteiger partial charge on any atom is 0.220 e. The Morgan fingerprint density at radius 3 is 2.89 bits per heavy atom. The number of benzene rings is 1. The molecule has 27 heavy (non-hydrogen) atoms. The van der Waals surface area contributed by atoms with Crippen molar-refractivity contribution >= 4 is 27.5 Å². The van der Waals surface area contributed by atoms with E-state index in [0.717, 1.165) is 34.7 Å². The van der Waals surface area contributed by atoms with Crippen molar-refractivity contribution in [3.63, 3.8) is 0 Å². The minimum Gasteiger partial charge on any atom is -0.352 e. The topological polar surface area (TPSA) is 72.7 Å². The number of imidazole rings is 1. The summed E-state index contributed by atoms with van der Waals surface area (Å²) in [7, 11) is 0. The van der Waals surface area contributed by atoms with Crippen LogP contribution in [0.2, 0.25) is 0 Å². The van der Waals surface area contributed by atoms with Crippen LogP contribution < -0.4 is 5.32 Å². The zero-order chi connectivity index (χ0) is 18.5. The number of amides is 1. The second kappa shape index (κ2) is 8.09. The van der Waals surface area contributed by atoms with Gasteiger partial charge in [0.2, 0.25) is 5.91 Å². The zero-order valence-corrected chi connectivity index (χ0v) is 15.5. The van der Waals surface area contributed by atoms with Gasteiger partial charge in [-0.25, -0.2) is 15.0 Å². The predicted molar refractivity (Wildman–Crippen MR) is 106 cm³/mol. The van der Waals surface area contributed by atoms with Crippen molar-refractivity contribution < 1.29 is 4.79 Å². The molecule has 3 heterocycles. The molecule has 1 amide bonds. The van der Waals surface area contributed by atoms with Gasteiger partial charge in [-0.15, -0.1) is 11.3 Å². The van der Waals surface area contributed by atoms with Crippen LogP contribution in [0.4, 0.5) is 0 Å². The summed E-state index contributed by atoms with van der Waals surface area (Å²) in [5, 5.41) is 4.04. The van der Waals surface area contributed by atoms with Crippen LogP contribution in [0.25, 0.3) is 16.0 Å². The van der Waals surface area contributed by atoms with Gasteiger partial charge in [0, 0.05) is 31.6 Å². The van der Waals surface area contributed by atoms with Gasteiger partial charge in [-0.2, -0.15) is 0 Å². The Bertz CT molecular complexity index is 991. The first-order valence-electron chi connectivity index (χ1n) is 8.82. The fourth-order valence-electron chi connectivity index (χ4n) is 2.78. The summed E-state index contributed by atoms with van der Waals surface area (Å²) in [6.07, 6.45) is 9.15. The SMILES string of the molecule is O=C(CCCc1nc2ccccc2s1)NCc1ccc(-n2ccnc2)nc1. The van der Waals surface area contributed by atoms with Gasteiger partial charge in [0.1, 0.15) is 12.1 Å². The third-order valence-corrected chi connectivity index (χ3v) is 5.30. The van der Waals surface area contributed by atoms with Gasteiger partial charge in [-0.1, -0.05) is 18.2 Å². The Labute approximate surface area is 160 Å². The molecule has 0 spiro atoms. The molecule has 0 saturated carbocycles. The van der Waals surface area contributed by atoms with Crippen molar-refractivity contribution in [1.82, 2.24) is 24.8 Å². The van der Waals surface area contributed by atoms with E-state index in [4.69, 9.17) is 0 Å². The fraction of sp³-hybridized carbons (Fsp3) is 0.200. The molecule has 0 bridgehead atoms. The molecule has 0 aliphatic heterocycles. The molecule has 0 saturated heterocycles. The van der Waals surface area contributed by atoms with E-state index in [9.17, 15) is 4.79 Å². The number of fused-ring (bicyclic) bond motifs is 1. The highest BCUT2D eigenvalue weighted by Gasteiger charge is 2.06. The number of nitrogens with zero attached hydrogens (tertiary/aromatic N) is 4. The van der Waals surface area contributed by atoms with Crippen LogP contribution in [-0.2, 0) is 17.8 Å². The number of carbonyl (C=O) groups excluding carboxylic acids is 1. The molecule has 0 aliphatic rings. The standard InChI is InChI=1S/C20H19N5OS/c26-19(6-3-7-20-24-16-4-1-2-5-17(16)27-20)23-13-15-8-9-18(22-12-15)25-11-10-21-14-25/h1-2,4-5,8-12,14H,3,6-7,13H2,(H,23,26). The maximum absolute atomic E-state index is 12.1. The zero-order valence-electron chi connectivity index (χ0n) is 14.7. The molecule has 1 N–H and O–H groups in total. The molecule has 4 aromatic rings. The van der Waals surface area contributed by atoms with E-state index in [1.165, 1.54) is 4.70 Å². The third kappa shape index (κ3) is 4.38. The first-order valence-corrected chi connectivity index (χ1v) is 9.64. The number of para-hydroxylation sites is 1. The quantitative estimate of drug-likeness (QED) is 0.535. The Hall–Kier alpha value is -3.06. The van der Waals surface area contributed by atoms with Crippen LogP contribution in [0.1, 0.15) is 23.4 Å². The molecule has 7 heteroatoms. The summed E-state index contributed by atoms with van der Waals surface area (Å²) < 4.78 is 3.04. The largest absolute Gasteiger partial charge is 0.352 e. The highest BCUT2D eigenvalue weighted by molar-refractivity contribution is 7.18. The van der Waals surface area contributed by atoms with Crippen LogP contribution in [0.5, 0.6) is 0 Å². The molecule has 1 aromatic carbocycles. The number of carbonyl (C=O) groups is 1. The molecule has 6 nitrogen and oxygen atoms in total. The molecule has 3 aromatic heterocycles. The average molecular weight is 377 g/mol. The molecule has 4 rings (SSSR count). The van der Waals surface area contributed by atoms with Crippen molar-refractivity contribution in [2.24, 2.45) is 0 Å². The number of nitrogens with one attached hydrogen (secondary N) is 1. The Balaban J connectivity index is 1.22. The van der Waals surface area contributed by atoms with Gasteiger partial charge in [-0.3, -0.25) is 9.36 Å². The number of pyridine rings is 1. The van der Waals surface area contributed by atoms with E-state index in [2.05, 4.69) is 26.3 Å². The van der Waals surface area contributed by atoms with E-state index in [1.807, 2.05) is 41.1 Å². The number of thiazole rings is 1. The lowest BCUT2D eigenvalue weighted by atomic mass is 10.2. The molecule has 0 radical (unpaired) electrons. The summed E-state index contributed by atoms with van der Waals surface area (Å²) in [6, 6.07) is 12.0. The summed E-state index contributed by atoms with van der Waals surface area (Å²) in [5.41, 5.74) is 2.01. The lowest BCUT2D eigenvalue weighted by Crippen LogP contribution is -2.22. The van der Waals surface area contributed by atoms with Crippen LogP contribution in [0.3, 0.4) is 0 Å². The lowest BCUT2D eigenvalue weighted by molar-refractivity contribution is -0.121. The third-order valence-electron chi connectivity index (χ3n) is 4.20. The van der Waals surface area contributed by atoms with Gasteiger partial charge in [-0.05, 0) is 36.6 Å². The van der Waals surface area contributed by atoms with Gasteiger partial charge >= 0.3 is 0 Å². The van der Waals surface area contributed by atoms with Crippen molar-refractivity contribution in [2.45, 2.75) is 25.8 Å². The molecule has 136 valence electrons. The van der Waals surface area contributed by atoms with E-state index < -0.39 is 0 Å². The number of hydrogen-bond donors (Lipinski definition) is 1. The Morgan fingerprint density at radius 2 is 2.11 bits per heavy atom. The normalized spacial score (nSPS) is 11.0. The van der Waals surface area contributed by atoms with Crippen LogP contribution >= 0.6 is 11.3 Å². The summed E-state index contributed by atoms with van der Waals surface area (Å²) in [5.74, 6) is 0.855. The smallest absolute Gasteiger partial charge is 0.220 e. The Morgan fingerprint density at radius 1 is 1.19 bits per heavy atom. The summed E-state index contributed by atoms with van der Waals surface area (Å²) in [6.45, 7) is 0.483. The first kappa shape index (κ1) is 17.4. The molecule has 0 aliphatic carbocycles. The Kier molecular flexibility index (Phi) is 5.20. The van der Waals surface area contributed by atoms with Crippen molar-refractivity contribution in [2.75, 3.05) is 0 Å². The second-order valence-corrected chi connectivity index (χ2v) is 7.32. The first-order chi connectivity index (χ1) is 13.3. The molecule has 0 fully saturated rings. The van der Waals surface area contributed by atoms with Gasteiger partial charge < -0.3 is 5.32 Å². The van der Waals surface area contributed by atoms with Crippen molar-refractivity contribution in [3.8, 4) is 5.82 Å². The van der Waals surface area contributed by atoms with Crippen molar-refractivity contribution in [1.29, 1.82) is 0 Å². The fourth-order valence-corrected chi connectivity index (χ4v) is 3.79. The molecular formula is C20H19N5OS. The van der Waals surface area contributed by atoms with E-state index in [0.29, 0.717) is 13.0 Å². The molecule has 0 atom stereocenters. The maximum atomic E-state index is 12.1. The van der Waals surface area contributed by atoms with Crippen molar-refractivity contribution in [3.05, 3.63) is 71.9 Å². The van der Waals surface area contributed by atoms with Crippen LogP contribution in [0, 0.1) is 0 Å². The van der Waals surface area contributed by atoms with Crippen LogP contribution in [-0.4, -0.2) is 25.4 Å². The number of aryl methyl sites for hydroxylation is 1. The van der Waals surface area contributed by atoms with Gasteiger partial charge in [0.25, 0.3) is 0 Å². The molecule has 0 unspecified atom stereocenters. The summed E-state index contributed by atoms with van der Waals surface area (Å²) in [4.78, 5) is 25.1. The highest BCUT2D eigenvalue weighted by Crippen LogP contribution is 2.22. The minimum absolute atomic E-state index is 0.0507. The number of aromatic nitrogens is 4. The highest BCUT2D eigenvalue weighted by atomic mass is 32.1. The summed E-state index contributed by atoms with van der Waals surface area (Å²) >= 11 is 1.70. The van der Waals surface area contributed by atoms with E-state index in [1.54, 1.807) is 30.1 Å². The van der Waals surface area contributed by atoms with Gasteiger partial charge in [0.05, 0.1) is 15.2 Å². The van der Waals surface area contributed by atoms with E-state index >= 15 is 0 Å². The lowest BCUT2D eigenvalue weighted by Gasteiger charge is -2.06. The average Bonchev–Trinajstić information content (AvgIpc) is 3.36. The molecular weight excluding hydrogens is 358 g/mol. The number of hydrogen-bond acceptors (Lipinski definition) is 5.